The molecule has 3 nitrogen and oxygen atoms in total. The summed E-state index contributed by atoms with van der Waals surface area (Å²) < 4.78 is 12.8. The Morgan fingerprint density at radius 1 is 1.22 bits per heavy atom. The number of pyridine rings is 1. The Morgan fingerprint density at radius 3 is 2.50 bits per heavy atom. The molecule has 0 spiro atoms. The molecule has 18 heavy (non-hydrogen) atoms. The Morgan fingerprint density at radius 2 is 1.94 bits per heavy atom. The second-order valence-electron chi connectivity index (χ2n) is 3.96. The molecule has 0 fully saturated rings. The number of hydrogen-bond acceptors (Lipinski definition) is 3. The first-order valence-electron chi connectivity index (χ1n) is 5.51. The Bertz CT molecular complexity index is 499. The van der Waals surface area contributed by atoms with Crippen LogP contribution in [-0.2, 0) is 6.42 Å². The summed E-state index contributed by atoms with van der Waals surface area (Å²) in [5.41, 5.74) is 4.66. The van der Waals surface area contributed by atoms with Gasteiger partial charge in [0.15, 0.2) is 0 Å². The van der Waals surface area contributed by atoms with Crippen LogP contribution in [0.15, 0.2) is 42.6 Å². The molecule has 2 rings (SSSR count). The molecule has 5 heteroatoms. The van der Waals surface area contributed by atoms with E-state index >= 15 is 0 Å². The fraction of sp³-hybridized carbons (Fsp3) is 0.154. The van der Waals surface area contributed by atoms with Crippen molar-refractivity contribution < 1.29 is 4.39 Å². The molecule has 0 amide bonds. The highest BCUT2D eigenvalue weighted by Gasteiger charge is 2.11. The van der Waals surface area contributed by atoms with Gasteiger partial charge in [0.1, 0.15) is 11.0 Å². The van der Waals surface area contributed by atoms with Crippen LogP contribution in [0.2, 0.25) is 5.15 Å². The molecule has 0 radical (unpaired) electrons. The summed E-state index contributed by atoms with van der Waals surface area (Å²) in [5.74, 6) is 5.29. The average molecular weight is 266 g/mol. The van der Waals surface area contributed by atoms with Crippen molar-refractivity contribution in [3.63, 3.8) is 0 Å². The summed E-state index contributed by atoms with van der Waals surface area (Å²) in [4.78, 5) is 4.01. The molecule has 0 aliphatic rings. The van der Waals surface area contributed by atoms with Gasteiger partial charge in [0.25, 0.3) is 0 Å². The molecule has 1 heterocycles. The lowest BCUT2D eigenvalue weighted by Gasteiger charge is -2.16. The first kappa shape index (κ1) is 13.0. The SMILES string of the molecule is NNC(Cc1ccc(F)cc1)c1ccc(Cl)nc1. The van der Waals surface area contributed by atoms with Gasteiger partial charge in [-0.2, -0.15) is 0 Å². The molecule has 94 valence electrons. The van der Waals surface area contributed by atoms with Gasteiger partial charge in [-0.3, -0.25) is 11.3 Å². The van der Waals surface area contributed by atoms with E-state index in [9.17, 15) is 4.39 Å². The average Bonchev–Trinajstić information content (AvgIpc) is 2.39. The van der Waals surface area contributed by atoms with Gasteiger partial charge in [-0.15, -0.1) is 0 Å². The number of aromatic nitrogens is 1. The number of benzene rings is 1. The minimum absolute atomic E-state index is 0.0831. The Labute approximate surface area is 110 Å². The minimum Gasteiger partial charge on any atom is -0.271 e. The second-order valence-corrected chi connectivity index (χ2v) is 4.35. The third-order valence-electron chi connectivity index (χ3n) is 2.71. The zero-order chi connectivity index (χ0) is 13.0. The van der Waals surface area contributed by atoms with Crippen LogP contribution >= 0.6 is 11.6 Å². The number of halogens is 2. The van der Waals surface area contributed by atoms with E-state index in [2.05, 4.69) is 10.4 Å². The summed E-state index contributed by atoms with van der Waals surface area (Å²) >= 11 is 5.73. The van der Waals surface area contributed by atoms with Crippen LogP contribution in [0.1, 0.15) is 17.2 Å². The molecule has 0 saturated carbocycles. The van der Waals surface area contributed by atoms with Crippen LogP contribution in [0.5, 0.6) is 0 Å². The smallest absolute Gasteiger partial charge is 0.129 e. The molecule has 2 aromatic rings. The molecular formula is C13H13ClFN3. The number of rotatable bonds is 4. The molecule has 0 aliphatic carbocycles. The maximum absolute atomic E-state index is 12.8. The fourth-order valence-corrected chi connectivity index (χ4v) is 1.83. The third-order valence-corrected chi connectivity index (χ3v) is 2.93. The van der Waals surface area contributed by atoms with Crippen LogP contribution < -0.4 is 11.3 Å². The van der Waals surface area contributed by atoms with Crippen molar-refractivity contribution >= 4 is 11.6 Å². The highest BCUT2D eigenvalue weighted by molar-refractivity contribution is 6.29. The van der Waals surface area contributed by atoms with Crippen molar-refractivity contribution in [1.29, 1.82) is 0 Å². The molecule has 3 N–H and O–H groups in total. The molecular weight excluding hydrogens is 253 g/mol. The van der Waals surface area contributed by atoms with E-state index in [1.165, 1.54) is 12.1 Å². The molecule has 1 aromatic heterocycles. The van der Waals surface area contributed by atoms with Gasteiger partial charge in [-0.1, -0.05) is 29.8 Å². The van der Waals surface area contributed by atoms with Crippen LogP contribution in [0, 0.1) is 5.82 Å². The largest absolute Gasteiger partial charge is 0.271 e. The van der Waals surface area contributed by atoms with Gasteiger partial charge < -0.3 is 0 Å². The number of hydrogen-bond donors (Lipinski definition) is 2. The number of nitrogens with two attached hydrogens (primary N) is 1. The summed E-state index contributed by atoms with van der Waals surface area (Å²) in [6.07, 6.45) is 2.33. The van der Waals surface area contributed by atoms with E-state index in [4.69, 9.17) is 17.4 Å². The van der Waals surface area contributed by atoms with Crippen molar-refractivity contribution in [2.75, 3.05) is 0 Å². The lowest BCUT2D eigenvalue weighted by atomic mass is 10.0. The Hall–Kier alpha value is -1.49. The lowest BCUT2D eigenvalue weighted by Crippen LogP contribution is -2.29. The molecule has 1 aromatic carbocycles. The third kappa shape index (κ3) is 3.26. The molecule has 0 bridgehead atoms. The van der Waals surface area contributed by atoms with E-state index in [-0.39, 0.29) is 11.9 Å². The lowest BCUT2D eigenvalue weighted by molar-refractivity contribution is 0.549. The standard InChI is InChI=1S/C13H13ClFN3/c14-13-6-3-10(8-17-13)12(18-16)7-9-1-4-11(15)5-2-9/h1-6,8,12,18H,7,16H2. The zero-order valence-corrected chi connectivity index (χ0v) is 10.4. The second kappa shape index (κ2) is 5.91. The highest BCUT2D eigenvalue weighted by Crippen LogP contribution is 2.18. The predicted octanol–water partition coefficient (Wildman–Crippen LogP) is 2.62. The van der Waals surface area contributed by atoms with Gasteiger partial charge >= 0.3 is 0 Å². The molecule has 1 atom stereocenters. The van der Waals surface area contributed by atoms with Gasteiger partial charge in [0.2, 0.25) is 0 Å². The van der Waals surface area contributed by atoms with E-state index in [1.54, 1.807) is 24.4 Å². The summed E-state index contributed by atoms with van der Waals surface area (Å²) in [6, 6.07) is 9.84. The van der Waals surface area contributed by atoms with E-state index in [0.29, 0.717) is 11.6 Å². The van der Waals surface area contributed by atoms with E-state index < -0.39 is 0 Å². The van der Waals surface area contributed by atoms with Crippen LogP contribution in [0.25, 0.3) is 0 Å². The number of hydrazine groups is 1. The monoisotopic (exact) mass is 265 g/mol. The van der Waals surface area contributed by atoms with E-state index in [1.807, 2.05) is 6.07 Å². The van der Waals surface area contributed by atoms with Crippen LogP contribution in [0.4, 0.5) is 4.39 Å². The predicted molar refractivity (Wildman–Crippen MR) is 69.4 cm³/mol. The van der Waals surface area contributed by atoms with Crippen molar-refractivity contribution in [2.24, 2.45) is 5.84 Å². The van der Waals surface area contributed by atoms with E-state index in [0.717, 1.165) is 11.1 Å². The van der Waals surface area contributed by atoms with Gasteiger partial charge in [-0.25, -0.2) is 9.37 Å². The van der Waals surface area contributed by atoms with Crippen molar-refractivity contribution in [3.05, 3.63) is 64.7 Å². The number of nitrogens with one attached hydrogen (secondary N) is 1. The Balaban J connectivity index is 2.14. The summed E-state index contributed by atoms with van der Waals surface area (Å²) in [5, 5.41) is 0.441. The maximum Gasteiger partial charge on any atom is 0.129 e. The topological polar surface area (TPSA) is 50.9 Å². The maximum atomic E-state index is 12.8. The molecule has 1 unspecified atom stereocenters. The number of nitrogens with zero attached hydrogens (tertiary/aromatic N) is 1. The minimum atomic E-state index is -0.246. The Kier molecular flexibility index (Phi) is 4.25. The fourth-order valence-electron chi connectivity index (χ4n) is 1.72. The first-order valence-corrected chi connectivity index (χ1v) is 5.89. The van der Waals surface area contributed by atoms with Crippen molar-refractivity contribution in [2.45, 2.75) is 12.5 Å². The summed E-state index contributed by atoms with van der Waals surface area (Å²) in [6.45, 7) is 0. The van der Waals surface area contributed by atoms with Crippen molar-refractivity contribution in [1.82, 2.24) is 10.4 Å². The van der Waals surface area contributed by atoms with Gasteiger partial charge in [-0.05, 0) is 35.7 Å². The highest BCUT2D eigenvalue weighted by atomic mass is 35.5. The van der Waals surface area contributed by atoms with Crippen molar-refractivity contribution in [3.8, 4) is 0 Å². The quantitative estimate of drug-likeness (QED) is 0.508. The van der Waals surface area contributed by atoms with Crippen LogP contribution in [-0.4, -0.2) is 4.98 Å². The molecule has 0 aliphatic heterocycles. The van der Waals surface area contributed by atoms with Gasteiger partial charge in [0.05, 0.1) is 6.04 Å². The molecule has 0 saturated heterocycles. The van der Waals surface area contributed by atoms with Gasteiger partial charge in [0, 0.05) is 6.20 Å². The zero-order valence-electron chi connectivity index (χ0n) is 9.61. The normalized spacial score (nSPS) is 12.4. The first-order chi connectivity index (χ1) is 8.69. The summed E-state index contributed by atoms with van der Waals surface area (Å²) in [7, 11) is 0. The van der Waals surface area contributed by atoms with Crippen LogP contribution in [0.3, 0.4) is 0 Å².